The maximum Gasteiger partial charge on any atom is 0.339 e. The number of hydrogen-bond acceptors (Lipinski definition) is 5. The van der Waals surface area contributed by atoms with E-state index in [0.29, 0.717) is 10.4 Å². The molecule has 0 fully saturated rings. The van der Waals surface area contributed by atoms with Crippen LogP contribution in [0.15, 0.2) is 47.8 Å². The molecule has 1 aromatic heterocycles. The van der Waals surface area contributed by atoms with Crippen LogP contribution in [-0.2, 0) is 9.53 Å². The molecule has 1 aromatic carbocycles. The Kier molecular flexibility index (Phi) is 4.97. The fraction of sp³-hybridized carbons (Fsp3) is 0.0714. The van der Waals surface area contributed by atoms with E-state index >= 15 is 0 Å². The van der Waals surface area contributed by atoms with Crippen LogP contribution in [0.1, 0.15) is 21.3 Å². The highest BCUT2D eigenvalue weighted by atomic mass is 32.1. The lowest BCUT2D eigenvalue weighted by molar-refractivity contribution is -0.137. The number of thiocarbonyl (C=S) groups is 1. The van der Waals surface area contributed by atoms with Gasteiger partial charge in [0.05, 0.1) is 0 Å². The maximum atomic E-state index is 12.1. The highest BCUT2D eigenvalue weighted by Gasteiger charge is 2.25. The number of nitrogens with one attached hydrogen (secondary N) is 1. The van der Waals surface area contributed by atoms with Gasteiger partial charge in [-0.15, -0.1) is 11.3 Å². The zero-order valence-corrected chi connectivity index (χ0v) is 11.9. The molecule has 1 atom stereocenters. The average Bonchev–Trinajstić information content (AvgIpc) is 2.99. The number of carbonyl (C=O) groups excluding carboxylic acids is 2. The van der Waals surface area contributed by atoms with Crippen LogP contribution in [0.25, 0.3) is 0 Å². The summed E-state index contributed by atoms with van der Waals surface area (Å²) in [7, 11) is 0. The zero-order chi connectivity index (χ0) is 14.4. The van der Waals surface area contributed by atoms with Gasteiger partial charge in [0.15, 0.2) is 11.6 Å². The number of ether oxygens (including phenoxy) is 1. The van der Waals surface area contributed by atoms with Gasteiger partial charge in [-0.3, -0.25) is 4.79 Å². The monoisotopic (exact) mass is 305 g/mol. The molecule has 0 saturated carbocycles. The quantitative estimate of drug-likeness (QED) is 0.681. The summed E-state index contributed by atoms with van der Waals surface area (Å²) in [5, 5.41) is 4.47. The Morgan fingerprint density at radius 2 is 1.95 bits per heavy atom. The topological polar surface area (TPSA) is 55.4 Å². The third-order valence-electron chi connectivity index (χ3n) is 2.54. The Morgan fingerprint density at radius 3 is 2.55 bits per heavy atom. The summed E-state index contributed by atoms with van der Waals surface area (Å²) in [6.45, 7) is 0. The van der Waals surface area contributed by atoms with Crippen molar-refractivity contribution in [2.45, 2.75) is 6.04 Å². The van der Waals surface area contributed by atoms with Crippen LogP contribution in [-0.4, -0.2) is 17.4 Å². The highest BCUT2D eigenvalue weighted by Crippen LogP contribution is 2.20. The molecule has 0 bridgehead atoms. The van der Waals surface area contributed by atoms with Crippen LogP contribution in [0.2, 0.25) is 0 Å². The van der Waals surface area contributed by atoms with Gasteiger partial charge in [-0.25, -0.2) is 4.79 Å². The summed E-state index contributed by atoms with van der Waals surface area (Å²) >= 11 is 5.87. The van der Waals surface area contributed by atoms with E-state index in [1.165, 1.54) is 11.3 Å². The lowest BCUT2D eigenvalue weighted by Crippen LogP contribution is -2.34. The van der Waals surface area contributed by atoms with Gasteiger partial charge in [-0.2, -0.15) is 0 Å². The number of esters is 1. The summed E-state index contributed by atoms with van der Waals surface area (Å²) in [5.74, 6) is -0.947. The third-order valence-corrected chi connectivity index (χ3v) is 3.57. The molecule has 1 heterocycles. The molecule has 0 aliphatic heterocycles. The number of thiophene rings is 1. The molecule has 2 aromatic rings. The summed E-state index contributed by atoms with van der Waals surface area (Å²) in [6, 6.07) is 11.4. The van der Waals surface area contributed by atoms with Crippen molar-refractivity contribution in [2.75, 3.05) is 0 Å². The van der Waals surface area contributed by atoms with E-state index in [2.05, 4.69) is 17.5 Å². The number of benzene rings is 1. The third kappa shape index (κ3) is 3.49. The van der Waals surface area contributed by atoms with Crippen molar-refractivity contribution in [1.82, 2.24) is 5.32 Å². The minimum absolute atomic E-state index is 0.342. The molecule has 1 N–H and O–H groups in total. The van der Waals surface area contributed by atoms with Crippen LogP contribution in [0.4, 0.5) is 0 Å². The van der Waals surface area contributed by atoms with Crippen LogP contribution in [0.3, 0.4) is 0 Å². The maximum absolute atomic E-state index is 12.1. The van der Waals surface area contributed by atoms with Gasteiger partial charge < -0.3 is 10.1 Å². The molecular formula is C14H11NO3S2. The van der Waals surface area contributed by atoms with Gasteiger partial charge in [0.25, 0.3) is 5.91 Å². The average molecular weight is 305 g/mol. The van der Waals surface area contributed by atoms with Crippen molar-refractivity contribution in [3.05, 3.63) is 58.3 Å². The van der Waals surface area contributed by atoms with Crippen molar-refractivity contribution < 1.29 is 14.3 Å². The van der Waals surface area contributed by atoms with Crippen LogP contribution in [0, 0.1) is 0 Å². The number of carbonyl (C=O) groups is 2. The Hall–Kier alpha value is -2.05. The smallest absolute Gasteiger partial charge is 0.339 e. The largest absolute Gasteiger partial charge is 0.421 e. The van der Waals surface area contributed by atoms with E-state index < -0.39 is 12.0 Å². The first kappa shape index (κ1) is 14.4. The second kappa shape index (κ2) is 6.93. The molecule has 0 aliphatic carbocycles. The Bertz CT molecular complexity index is 596. The molecule has 6 heteroatoms. The predicted octanol–water partition coefficient (Wildman–Crippen LogP) is 2.72. The van der Waals surface area contributed by atoms with Gasteiger partial charge in [-0.1, -0.05) is 24.3 Å². The molecule has 1 unspecified atom stereocenters. The normalized spacial score (nSPS) is 11.4. The minimum Gasteiger partial charge on any atom is -0.421 e. The molecule has 0 saturated heterocycles. The number of hydrogen-bond donors (Lipinski definition) is 1. The molecule has 102 valence electrons. The summed E-state index contributed by atoms with van der Waals surface area (Å²) < 4.78 is 4.71. The van der Waals surface area contributed by atoms with Crippen molar-refractivity contribution in [2.24, 2.45) is 0 Å². The summed E-state index contributed by atoms with van der Waals surface area (Å²) in [4.78, 5) is 24.7. The van der Waals surface area contributed by atoms with E-state index in [4.69, 9.17) is 4.74 Å². The van der Waals surface area contributed by atoms with Crippen LogP contribution >= 0.6 is 23.6 Å². The standard InChI is InChI=1S/C14H11NO3S2/c16-13(10-5-2-1-3-6-10)15-12(14(17)18-9-19)11-7-4-8-20-11/h1-9,12H,(H,15,16). The van der Waals surface area contributed by atoms with Gasteiger partial charge in [-0.05, 0) is 35.8 Å². The Morgan fingerprint density at radius 1 is 1.20 bits per heavy atom. The second-order valence-corrected chi connectivity index (χ2v) is 4.99. The second-order valence-electron chi connectivity index (χ2n) is 3.82. The first-order valence-corrected chi connectivity index (χ1v) is 7.11. The van der Waals surface area contributed by atoms with Gasteiger partial charge in [0.1, 0.15) is 0 Å². The fourth-order valence-electron chi connectivity index (χ4n) is 1.62. The van der Waals surface area contributed by atoms with E-state index in [1.807, 2.05) is 11.4 Å². The zero-order valence-electron chi connectivity index (χ0n) is 10.3. The SMILES string of the molecule is O=C(NC(C(=O)OC=S)c1cccs1)c1ccccc1. The molecule has 20 heavy (non-hydrogen) atoms. The van der Waals surface area contributed by atoms with Crippen molar-refractivity contribution in [1.29, 1.82) is 0 Å². The number of amides is 1. The summed E-state index contributed by atoms with van der Waals surface area (Å²) in [6.07, 6.45) is 0. The lowest BCUT2D eigenvalue weighted by atomic mass is 10.2. The first-order chi connectivity index (χ1) is 9.72. The molecule has 0 spiro atoms. The first-order valence-electron chi connectivity index (χ1n) is 5.76. The van der Waals surface area contributed by atoms with E-state index in [-0.39, 0.29) is 5.91 Å². The molecular weight excluding hydrogens is 294 g/mol. The highest BCUT2D eigenvalue weighted by molar-refractivity contribution is 7.78. The van der Waals surface area contributed by atoms with E-state index in [1.54, 1.807) is 36.4 Å². The van der Waals surface area contributed by atoms with Gasteiger partial charge in [0.2, 0.25) is 0 Å². The van der Waals surface area contributed by atoms with Crippen molar-refractivity contribution in [3.8, 4) is 0 Å². The van der Waals surface area contributed by atoms with Gasteiger partial charge >= 0.3 is 5.97 Å². The Balaban J connectivity index is 2.18. The van der Waals surface area contributed by atoms with Crippen LogP contribution < -0.4 is 5.32 Å². The fourth-order valence-corrected chi connectivity index (χ4v) is 2.48. The lowest BCUT2D eigenvalue weighted by Gasteiger charge is -2.14. The number of rotatable bonds is 5. The summed E-state index contributed by atoms with van der Waals surface area (Å²) in [5.41, 5.74) is 1.36. The molecule has 1 amide bonds. The molecule has 0 aliphatic rings. The molecule has 0 radical (unpaired) electrons. The van der Waals surface area contributed by atoms with Crippen molar-refractivity contribution >= 4 is 41.0 Å². The Labute approximate surface area is 125 Å². The molecule has 2 rings (SSSR count). The molecule has 4 nitrogen and oxygen atoms in total. The van der Waals surface area contributed by atoms with Crippen LogP contribution in [0.5, 0.6) is 0 Å². The predicted molar refractivity (Wildman–Crippen MR) is 80.7 cm³/mol. The van der Waals surface area contributed by atoms with Gasteiger partial charge in [0, 0.05) is 10.4 Å². The minimum atomic E-state index is -0.859. The van der Waals surface area contributed by atoms with E-state index in [9.17, 15) is 9.59 Å². The van der Waals surface area contributed by atoms with Crippen molar-refractivity contribution in [3.63, 3.8) is 0 Å². The van der Waals surface area contributed by atoms with E-state index in [0.717, 1.165) is 5.55 Å².